The molecular weight excluding hydrogens is 429 g/mol. The number of nitrogens with zero attached hydrogens (tertiary/aromatic N) is 1. The van der Waals surface area contributed by atoms with E-state index in [1.165, 1.54) is 115 Å². The standard InChI is InChI=1S/C19H42N.C7H4Cl2O2/c1-5-6-7-8-9-10-11-12-13-14-15-16-17-18-19-20(2,3)4;8-5-1-4(7(10)11)2-6(9)3-5/h5-19H2,1-4H3;1-3H,(H,10,11)/q+1;/p-1. The van der Waals surface area contributed by atoms with Crippen molar-refractivity contribution in [3.05, 3.63) is 33.8 Å². The van der Waals surface area contributed by atoms with Crippen molar-refractivity contribution in [2.75, 3.05) is 27.7 Å². The van der Waals surface area contributed by atoms with Crippen LogP contribution < -0.4 is 5.11 Å². The van der Waals surface area contributed by atoms with E-state index in [9.17, 15) is 9.90 Å². The number of carboxylic acid groups (broad SMARTS) is 1. The molecule has 1 rings (SSSR count). The predicted octanol–water partition coefficient (Wildman–Crippen LogP) is 7.53. The van der Waals surface area contributed by atoms with E-state index < -0.39 is 5.97 Å². The van der Waals surface area contributed by atoms with E-state index in [0.29, 0.717) is 0 Å². The van der Waals surface area contributed by atoms with Crippen LogP contribution in [-0.2, 0) is 0 Å². The Morgan fingerprint density at radius 1 is 0.710 bits per heavy atom. The van der Waals surface area contributed by atoms with E-state index in [1.807, 2.05) is 0 Å². The van der Waals surface area contributed by atoms with Crippen LogP contribution in [0, 0.1) is 0 Å². The van der Waals surface area contributed by atoms with Gasteiger partial charge in [0.25, 0.3) is 0 Å². The number of benzene rings is 1. The Morgan fingerprint density at radius 2 is 1.06 bits per heavy atom. The molecule has 1 aromatic carbocycles. The molecule has 0 saturated heterocycles. The van der Waals surface area contributed by atoms with Crippen molar-refractivity contribution in [1.82, 2.24) is 0 Å². The van der Waals surface area contributed by atoms with E-state index in [2.05, 4.69) is 28.1 Å². The van der Waals surface area contributed by atoms with Gasteiger partial charge in [-0.15, -0.1) is 0 Å². The molecule has 0 heterocycles. The minimum Gasteiger partial charge on any atom is -0.545 e. The molecule has 0 aliphatic heterocycles. The third kappa shape index (κ3) is 20.9. The maximum atomic E-state index is 10.3. The van der Waals surface area contributed by atoms with Gasteiger partial charge >= 0.3 is 0 Å². The summed E-state index contributed by atoms with van der Waals surface area (Å²) in [5.74, 6) is -1.28. The average Bonchev–Trinajstić information content (AvgIpc) is 2.67. The third-order valence-electron chi connectivity index (χ3n) is 5.28. The molecule has 0 unspecified atom stereocenters. The Bertz CT molecular complexity index is 565. The SMILES string of the molecule is CCCCCCCCCCCCCCCC[N+](C)(C)C.O=C([O-])c1cc(Cl)cc(Cl)c1. The van der Waals surface area contributed by atoms with Gasteiger partial charge in [0.05, 0.1) is 33.7 Å². The Kier molecular flexibility index (Phi) is 18.3. The summed E-state index contributed by atoms with van der Waals surface area (Å²) in [6.07, 6.45) is 20.4. The van der Waals surface area contributed by atoms with Gasteiger partial charge in [-0.25, -0.2) is 0 Å². The molecule has 0 fully saturated rings. The largest absolute Gasteiger partial charge is 0.545 e. The predicted molar refractivity (Wildman–Crippen MR) is 134 cm³/mol. The average molecular weight is 475 g/mol. The molecule has 0 aliphatic carbocycles. The molecule has 3 nitrogen and oxygen atoms in total. The number of carbonyl (C=O) groups excluding carboxylic acids is 1. The molecule has 0 aromatic heterocycles. The van der Waals surface area contributed by atoms with Crippen molar-refractivity contribution in [3.8, 4) is 0 Å². The van der Waals surface area contributed by atoms with E-state index in [1.54, 1.807) is 0 Å². The van der Waals surface area contributed by atoms with Crippen molar-refractivity contribution in [3.63, 3.8) is 0 Å². The van der Waals surface area contributed by atoms with Crippen LogP contribution in [0.15, 0.2) is 18.2 Å². The highest BCUT2D eigenvalue weighted by Gasteiger charge is 2.05. The Labute approximate surface area is 201 Å². The lowest BCUT2D eigenvalue weighted by Gasteiger charge is -2.23. The second kappa shape index (κ2) is 18.8. The van der Waals surface area contributed by atoms with Crippen LogP contribution in [-0.4, -0.2) is 38.1 Å². The van der Waals surface area contributed by atoms with Crippen LogP contribution in [0.25, 0.3) is 0 Å². The molecule has 0 aliphatic rings. The number of rotatable bonds is 16. The van der Waals surface area contributed by atoms with Gasteiger partial charge in [0.1, 0.15) is 0 Å². The molecule has 31 heavy (non-hydrogen) atoms. The fraction of sp³-hybridized carbons (Fsp3) is 0.731. The van der Waals surface area contributed by atoms with E-state index in [4.69, 9.17) is 23.2 Å². The molecule has 0 bridgehead atoms. The minimum atomic E-state index is -1.28. The summed E-state index contributed by atoms with van der Waals surface area (Å²) < 4.78 is 1.12. The van der Waals surface area contributed by atoms with Crippen LogP contribution in [0.2, 0.25) is 10.0 Å². The molecule has 0 amide bonds. The van der Waals surface area contributed by atoms with Crippen LogP contribution in [0.4, 0.5) is 0 Å². The topological polar surface area (TPSA) is 40.1 Å². The zero-order valence-corrected chi connectivity index (χ0v) is 21.9. The molecule has 0 radical (unpaired) electrons. The molecule has 0 saturated carbocycles. The van der Waals surface area contributed by atoms with Crippen LogP contribution in [0.3, 0.4) is 0 Å². The van der Waals surface area contributed by atoms with Crippen LogP contribution in [0.1, 0.15) is 107 Å². The molecule has 180 valence electrons. The Hall–Kier alpha value is -0.770. The van der Waals surface area contributed by atoms with Crippen LogP contribution >= 0.6 is 23.2 Å². The number of carboxylic acids is 1. The normalized spacial score (nSPS) is 11.2. The fourth-order valence-corrected chi connectivity index (χ4v) is 3.98. The summed E-state index contributed by atoms with van der Waals surface area (Å²) in [4.78, 5) is 10.3. The van der Waals surface area contributed by atoms with Gasteiger partial charge in [0.15, 0.2) is 0 Å². The first-order chi connectivity index (χ1) is 14.7. The number of unbranched alkanes of at least 4 members (excludes halogenated alkanes) is 13. The molecule has 0 N–H and O–H groups in total. The monoisotopic (exact) mass is 473 g/mol. The number of carbonyl (C=O) groups is 1. The maximum absolute atomic E-state index is 10.3. The van der Waals surface area contributed by atoms with Crippen molar-refractivity contribution in [2.45, 2.75) is 96.8 Å². The van der Waals surface area contributed by atoms with Gasteiger partial charge in [0, 0.05) is 15.6 Å². The number of hydrogen-bond donors (Lipinski definition) is 0. The molecule has 1 aromatic rings. The fourth-order valence-electron chi connectivity index (χ4n) is 3.45. The van der Waals surface area contributed by atoms with E-state index in [-0.39, 0.29) is 15.6 Å². The third-order valence-corrected chi connectivity index (χ3v) is 5.72. The summed E-state index contributed by atoms with van der Waals surface area (Å²) in [5.41, 5.74) is -0.0116. The quantitative estimate of drug-likeness (QED) is 0.183. The smallest absolute Gasteiger partial charge is 0.0780 e. The number of halogens is 2. The molecule has 5 heteroatoms. The summed E-state index contributed by atoms with van der Waals surface area (Å²) in [6.45, 7) is 3.63. The van der Waals surface area contributed by atoms with Crippen molar-refractivity contribution >= 4 is 29.2 Å². The highest BCUT2D eigenvalue weighted by Crippen LogP contribution is 2.18. The van der Waals surface area contributed by atoms with Crippen molar-refractivity contribution in [2.24, 2.45) is 0 Å². The molecule has 0 spiro atoms. The van der Waals surface area contributed by atoms with Gasteiger partial charge < -0.3 is 14.4 Å². The zero-order valence-electron chi connectivity index (χ0n) is 20.4. The molecule has 0 atom stereocenters. The lowest BCUT2D eigenvalue weighted by atomic mass is 10.0. The van der Waals surface area contributed by atoms with Gasteiger partial charge in [0.2, 0.25) is 0 Å². The first-order valence-electron chi connectivity index (χ1n) is 12.1. The summed E-state index contributed by atoms with van der Waals surface area (Å²) in [6, 6.07) is 4.01. The molecular formula is C26H45Cl2NO2. The first kappa shape index (κ1) is 30.2. The first-order valence-corrected chi connectivity index (χ1v) is 12.9. The van der Waals surface area contributed by atoms with Crippen molar-refractivity contribution in [1.29, 1.82) is 0 Å². The second-order valence-corrected chi connectivity index (χ2v) is 10.4. The van der Waals surface area contributed by atoms with Crippen molar-refractivity contribution < 1.29 is 14.4 Å². The van der Waals surface area contributed by atoms with E-state index in [0.717, 1.165) is 4.48 Å². The van der Waals surface area contributed by atoms with Gasteiger partial charge in [-0.3, -0.25) is 0 Å². The highest BCUT2D eigenvalue weighted by molar-refractivity contribution is 6.35. The minimum absolute atomic E-state index is 0.0116. The zero-order chi connectivity index (χ0) is 23.5. The van der Waals surface area contributed by atoms with Gasteiger partial charge in [-0.1, -0.05) is 107 Å². The lowest BCUT2D eigenvalue weighted by Crippen LogP contribution is -2.35. The van der Waals surface area contributed by atoms with Gasteiger partial charge in [-0.05, 0) is 31.0 Å². The summed E-state index contributed by atoms with van der Waals surface area (Å²) in [7, 11) is 6.88. The van der Waals surface area contributed by atoms with E-state index >= 15 is 0 Å². The number of quaternary nitrogens is 1. The Balaban J connectivity index is 0.000000683. The number of aromatic carboxylic acids is 1. The number of hydrogen-bond acceptors (Lipinski definition) is 2. The maximum Gasteiger partial charge on any atom is 0.0780 e. The summed E-state index contributed by atoms with van der Waals surface area (Å²) >= 11 is 11.0. The second-order valence-electron chi connectivity index (χ2n) is 9.56. The Morgan fingerprint density at radius 3 is 1.39 bits per heavy atom. The van der Waals surface area contributed by atoms with Crippen LogP contribution in [0.5, 0.6) is 0 Å². The van der Waals surface area contributed by atoms with Gasteiger partial charge in [-0.2, -0.15) is 0 Å². The lowest BCUT2D eigenvalue weighted by molar-refractivity contribution is -0.870. The highest BCUT2D eigenvalue weighted by atomic mass is 35.5. The summed E-state index contributed by atoms with van der Waals surface area (Å²) in [5, 5.41) is 10.9.